The highest BCUT2D eigenvalue weighted by Crippen LogP contribution is 2.29. The van der Waals surface area contributed by atoms with Crippen LogP contribution in [-0.4, -0.2) is 35.2 Å². The van der Waals surface area contributed by atoms with E-state index in [1.54, 1.807) is 6.08 Å². The smallest absolute Gasteiger partial charge is 0.331 e. The third-order valence-electron chi connectivity index (χ3n) is 5.13. The molecule has 0 aliphatic carbocycles. The Morgan fingerprint density at radius 1 is 1.18 bits per heavy atom. The van der Waals surface area contributed by atoms with Crippen LogP contribution in [0.5, 0.6) is 0 Å². The Morgan fingerprint density at radius 2 is 2.04 bits per heavy atom. The highest BCUT2D eigenvalue weighted by atomic mass is 32.2. The minimum absolute atomic E-state index is 0.0234. The summed E-state index contributed by atoms with van der Waals surface area (Å²) in [6.07, 6.45) is 15.9. The van der Waals surface area contributed by atoms with Crippen molar-refractivity contribution >= 4 is 23.0 Å². The van der Waals surface area contributed by atoms with Crippen LogP contribution in [0.4, 0.5) is 4.79 Å². The highest BCUT2D eigenvalue weighted by Gasteiger charge is 2.33. The summed E-state index contributed by atoms with van der Waals surface area (Å²) in [6, 6.07) is -0.146. The van der Waals surface area contributed by atoms with Crippen LogP contribution in [0.2, 0.25) is 0 Å². The summed E-state index contributed by atoms with van der Waals surface area (Å²) in [5.74, 6) is 1.50. The molecule has 0 aromatic heterocycles. The lowest BCUT2D eigenvalue weighted by Crippen LogP contribution is -2.37. The Bertz CT molecular complexity index is 709. The second-order valence-electron chi connectivity index (χ2n) is 7.71. The van der Waals surface area contributed by atoms with Crippen LogP contribution < -0.4 is 5.32 Å². The fourth-order valence-corrected chi connectivity index (χ4v) is 4.32. The molecule has 28 heavy (non-hydrogen) atoms. The monoisotopic (exact) mass is 403 g/mol. The van der Waals surface area contributed by atoms with Crippen molar-refractivity contribution in [2.45, 2.75) is 64.2 Å². The van der Waals surface area contributed by atoms with Gasteiger partial charge in [0.15, 0.2) is 0 Å². The van der Waals surface area contributed by atoms with Crippen LogP contribution in [-0.2, 0) is 14.3 Å². The molecule has 0 unspecified atom stereocenters. The SMILES string of the molecule is C/C1=C/C(=O)O[C@H]2C=C([C@@H]3CSC(=O)N3)O[C@H](CC[C@H](C)/C=C\C=C\CC1)C2. The maximum atomic E-state index is 12.3. The number of allylic oxidation sites excluding steroid dienone is 5. The molecule has 0 aromatic carbocycles. The number of carbonyl (C=O) groups is 2. The Labute approximate surface area is 171 Å². The van der Waals surface area contributed by atoms with Crippen LogP contribution in [0.15, 0.2) is 47.8 Å². The van der Waals surface area contributed by atoms with Gasteiger partial charge < -0.3 is 14.8 Å². The van der Waals surface area contributed by atoms with Crippen molar-refractivity contribution in [1.29, 1.82) is 0 Å². The number of amides is 1. The second kappa shape index (κ2) is 10.0. The van der Waals surface area contributed by atoms with Gasteiger partial charge in [0.1, 0.15) is 18.0 Å². The molecule has 3 heterocycles. The van der Waals surface area contributed by atoms with Crippen LogP contribution in [0.1, 0.15) is 46.0 Å². The van der Waals surface area contributed by atoms with E-state index >= 15 is 0 Å². The molecule has 1 amide bonds. The largest absolute Gasteiger partial charge is 0.493 e. The predicted molar refractivity (Wildman–Crippen MR) is 112 cm³/mol. The third kappa shape index (κ3) is 6.30. The average Bonchev–Trinajstić information content (AvgIpc) is 3.08. The Morgan fingerprint density at radius 3 is 2.82 bits per heavy atom. The first-order valence-electron chi connectivity index (χ1n) is 10.0. The van der Waals surface area contributed by atoms with Gasteiger partial charge in [-0.05, 0) is 44.6 Å². The first kappa shape index (κ1) is 20.8. The second-order valence-corrected chi connectivity index (χ2v) is 8.71. The molecular formula is C22H29NO4S. The van der Waals surface area contributed by atoms with Crippen molar-refractivity contribution in [2.75, 3.05) is 5.75 Å². The lowest BCUT2D eigenvalue weighted by Gasteiger charge is -2.32. The molecule has 3 aliphatic heterocycles. The molecule has 152 valence electrons. The third-order valence-corrected chi connectivity index (χ3v) is 6.01. The number of thioether (sulfide) groups is 1. The van der Waals surface area contributed by atoms with E-state index in [0.29, 0.717) is 18.1 Å². The number of hydrogen-bond donors (Lipinski definition) is 1. The molecule has 0 radical (unpaired) electrons. The van der Waals surface area contributed by atoms with Crippen molar-refractivity contribution < 1.29 is 19.1 Å². The number of ether oxygens (including phenoxy) is 2. The lowest BCUT2D eigenvalue weighted by molar-refractivity contribution is -0.143. The van der Waals surface area contributed by atoms with Gasteiger partial charge in [0.25, 0.3) is 5.24 Å². The van der Waals surface area contributed by atoms with E-state index in [0.717, 1.165) is 37.0 Å². The molecule has 4 atom stereocenters. The Balaban J connectivity index is 1.77. The Kier molecular flexibility index (Phi) is 7.43. The summed E-state index contributed by atoms with van der Waals surface area (Å²) >= 11 is 1.26. The van der Waals surface area contributed by atoms with E-state index in [9.17, 15) is 9.59 Å². The van der Waals surface area contributed by atoms with Crippen molar-refractivity contribution in [2.24, 2.45) is 5.92 Å². The summed E-state index contributed by atoms with van der Waals surface area (Å²) in [5.41, 5.74) is 1.01. The van der Waals surface area contributed by atoms with Gasteiger partial charge in [-0.3, -0.25) is 4.79 Å². The van der Waals surface area contributed by atoms with Gasteiger partial charge in [-0.25, -0.2) is 4.79 Å². The van der Waals surface area contributed by atoms with Gasteiger partial charge in [0.2, 0.25) is 0 Å². The fourth-order valence-electron chi connectivity index (χ4n) is 3.53. The maximum absolute atomic E-state index is 12.3. The van der Waals surface area contributed by atoms with E-state index in [2.05, 4.69) is 36.5 Å². The summed E-state index contributed by atoms with van der Waals surface area (Å²) in [4.78, 5) is 23.9. The van der Waals surface area contributed by atoms with Crippen molar-refractivity contribution in [1.82, 2.24) is 5.32 Å². The zero-order valence-corrected chi connectivity index (χ0v) is 17.4. The molecular weight excluding hydrogens is 374 g/mol. The molecule has 0 saturated carbocycles. The van der Waals surface area contributed by atoms with Crippen LogP contribution in [0, 0.1) is 5.92 Å². The number of rotatable bonds is 1. The number of hydrogen-bond acceptors (Lipinski definition) is 5. The maximum Gasteiger partial charge on any atom is 0.331 e. The summed E-state index contributed by atoms with van der Waals surface area (Å²) in [6.45, 7) is 4.15. The molecule has 0 spiro atoms. The molecule has 5 nitrogen and oxygen atoms in total. The highest BCUT2D eigenvalue weighted by molar-refractivity contribution is 8.14. The topological polar surface area (TPSA) is 64.6 Å². The molecule has 1 fully saturated rings. The first-order chi connectivity index (χ1) is 13.5. The average molecular weight is 404 g/mol. The van der Waals surface area contributed by atoms with E-state index in [1.807, 2.05) is 13.0 Å². The van der Waals surface area contributed by atoms with Crippen molar-refractivity contribution in [3.63, 3.8) is 0 Å². The standard InChI is InChI=1S/C22H29NO4S/c1-15-7-5-3-4-6-8-16(2)11-21(24)27-18-12-17(10-9-15)26-20(13-18)19-14-28-22(25)23-19/h3-5,7,11,13,15,17-19H,6,8-10,12,14H2,1-2H3,(H,23,25)/b4-3+,7-5-,16-11-/t15-,17-,18-,19+/m1/s1. The van der Waals surface area contributed by atoms with Gasteiger partial charge in [-0.1, -0.05) is 48.6 Å². The number of fused-ring (bicyclic) bond motifs is 2. The minimum atomic E-state index is -0.327. The van der Waals surface area contributed by atoms with Gasteiger partial charge in [0, 0.05) is 18.2 Å². The van der Waals surface area contributed by atoms with Gasteiger partial charge in [0.05, 0.1) is 6.04 Å². The number of esters is 1. The molecule has 3 aliphatic rings. The van der Waals surface area contributed by atoms with E-state index in [1.165, 1.54) is 11.8 Å². The quantitative estimate of drug-likeness (QED) is 0.645. The summed E-state index contributed by atoms with van der Waals surface area (Å²) in [7, 11) is 0. The summed E-state index contributed by atoms with van der Waals surface area (Å²) < 4.78 is 11.9. The first-order valence-corrected chi connectivity index (χ1v) is 11.0. The molecule has 1 saturated heterocycles. The minimum Gasteiger partial charge on any atom is -0.493 e. The van der Waals surface area contributed by atoms with Gasteiger partial charge in [-0.15, -0.1) is 0 Å². The lowest BCUT2D eigenvalue weighted by atomic mass is 9.96. The molecule has 0 aromatic rings. The Hall–Kier alpha value is -1.95. The van der Waals surface area contributed by atoms with Crippen LogP contribution in [0.25, 0.3) is 0 Å². The van der Waals surface area contributed by atoms with Crippen molar-refractivity contribution in [3.8, 4) is 0 Å². The summed E-state index contributed by atoms with van der Waals surface area (Å²) in [5, 5.41) is 2.88. The van der Waals surface area contributed by atoms with Crippen LogP contribution in [0.3, 0.4) is 0 Å². The molecule has 2 bridgehead atoms. The molecule has 3 rings (SSSR count). The zero-order chi connectivity index (χ0) is 19.9. The van der Waals surface area contributed by atoms with E-state index in [-0.39, 0.29) is 29.5 Å². The van der Waals surface area contributed by atoms with Crippen molar-refractivity contribution in [3.05, 3.63) is 47.8 Å². The van der Waals surface area contributed by atoms with Gasteiger partial charge >= 0.3 is 5.97 Å². The number of nitrogens with one attached hydrogen (secondary N) is 1. The molecule has 6 heteroatoms. The van der Waals surface area contributed by atoms with Crippen LogP contribution >= 0.6 is 11.8 Å². The zero-order valence-electron chi connectivity index (χ0n) is 16.6. The van der Waals surface area contributed by atoms with E-state index < -0.39 is 0 Å². The predicted octanol–water partition coefficient (Wildman–Crippen LogP) is 4.66. The van der Waals surface area contributed by atoms with Gasteiger partial charge in [-0.2, -0.15) is 0 Å². The fraction of sp³-hybridized carbons (Fsp3) is 0.545. The normalized spacial score (nSPS) is 36.2. The number of carbonyl (C=O) groups excluding carboxylic acids is 2. The molecule has 1 N–H and O–H groups in total. The van der Waals surface area contributed by atoms with E-state index in [4.69, 9.17) is 9.47 Å².